The second kappa shape index (κ2) is 3.94. The van der Waals surface area contributed by atoms with Crippen LogP contribution in [0.5, 0.6) is 0 Å². The van der Waals surface area contributed by atoms with Gasteiger partial charge in [0.25, 0.3) is 0 Å². The van der Waals surface area contributed by atoms with Gasteiger partial charge in [-0.05, 0) is 30.5 Å². The minimum atomic E-state index is -0.338. The molecule has 0 saturated heterocycles. The van der Waals surface area contributed by atoms with Gasteiger partial charge in [-0.25, -0.2) is 14.2 Å². The molecule has 1 amide bonds. The molecule has 1 saturated carbocycles. The number of imidazole rings is 1. The number of nitrogens with one attached hydrogen (secondary N) is 1. The third kappa shape index (κ3) is 1.88. The number of carbonyl (C=O) groups is 1. The monoisotopic (exact) mass is 245 g/mol. The molecule has 1 fully saturated rings. The van der Waals surface area contributed by atoms with Gasteiger partial charge in [0.15, 0.2) is 0 Å². The Morgan fingerprint density at radius 2 is 2.06 bits per heavy atom. The summed E-state index contributed by atoms with van der Waals surface area (Å²) in [6.45, 7) is 0. The Labute approximate surface area is 103 Å². The molecule has 0 spiro atoms. The van der Waals surface area contributed by atoms with Crippen LogP contribution in [-0.4, -0.2) is 15.6 Å². The van der Waals surface area contributed by atoms with Crippen molar-refractivity contribution in [1.29, 1.82) is 0 Å². The normalized spacial score (nSPS) is 16.3. The molecule has 2 aromatic rings. The van der Waals surface area contributed by atoms with Gasteiger partial charge >= 0.3 is 6.03 Å². The van der Waals surface area contributed by atoms with Gasteiger partial charge in [-0.15, -0.1) is 0 Å². The van der Waals surface area contributed by atoms with Gasteiger partial charge in [-0.2, -0.15) is 0 Å². The largest absolute Gasteiger partial charge is 0.328 e. The summed E-state index contributed by atoms with van der Waals surface area (Å²) in [5, 5.41) is 2.97. The Morgan fingerprint density at radius 1 is 1.33 bits per heavy atom. The van der Waals surface area contributed by atoms with Gasteiger partial charge in [-0.3, -0.25) is 4.57 Å². The van der Waals surface area contributed by atoms with E-state index < -0.39 is 0 Å². The first kappa shape index (κ1) is 11.0. The van der Waals surface area contributed by atoms with Crippen LogP contribution in [0.15, 0.2) is 43.0 Å². The van der Waals surface area contributed by atoms with Crippen LogP contribution in [0.1, 0.15) is 18.4 Å². The van der Waals surface area contributed by atoms with Crippen LogP contribution >= 0.6 is 0 Å². The van der Waals surface area contributed by atoms with Crippen LogP contribution in [0.25, 0.3) is 0 Å². The molecule has 1 N–H and O–H groups in total. The number of benzene rings is 1. The van der Waals surface area contributed by atoms with E-state index in [4.69, 9.17) is 0 Å². The number of nitrogens with zero attached hydrogens (tertiary/aromatic N) is 2. The molecular formula is C13H12FN3O. The lowest BCUT2D eigenvalue weighted by atomic mass is 10.1. The molecule has 4 nitrogen and oxygen atoms in total. The number of halogens is 1. The molecule has 1 aromatic heterocycles. The number of amides is 1. The Kier molecular flexibility index (Phi) is 2.40. The summed E-state index contributed by atoms with van der Waals surface area (Å²) in [7, 11) is 0. The summed E-state index contributed by atoms with van der Waals surface area (Å²) in [5.74, 6) is -0.268. The topological polar surface area (TPSA) is 46.9 Å². The Balaban J connectivity index is 1.80. The molecule has 1 aliphatic carbocycles. The molecule has 5 heteroatoms. The molecule has 3 rings (SSSR count). The highest BCUT2D eigenvalue weighted by molar-refractivity contribution is 5.78. The quantitative estimate of drug-likeness (QED) is 0.882. The van der Waals surface area contributed by atoms with Crippen molar-refractivity contribution in [3.63, 3.8) is 0 Å². The highest BCUT2D eigenvalue weighted by Gasteiger charge is 2.45. The van der Waals surface area contributed by atoms with Crippen molar-refractivity contribution in [2.75, 3.05) is 0 Å². The van der Waals surface area contributed by atoms with Crippen molar-refractivity contribution in [2.24, 2.45) is 0 Å². The van der Waals surface area contributed by atoms with E-state index in [1.807, 2.05) is 0 Å². The Bertz CT molecular complexity index is 558. The number of carbonyl (C=O) groups excluding carboxylic acids is 1. The van der Waals surface area contributed by atoms with Gasteiger partial charge in [0, 0.05) is 12.4 Å². The Hall–Kier alpha value is -2.17. The van der Waals surface area contributed by atoms with E-state index in [2.05, 4.69) is 10.3 Å². The van der Waals surface area contributed by atoms with Crippen molar-refractivity contribution in [1.82, 2.24) is 14.9 Å². The predicted octanol–water partition coefficient (Wildman–Crippen LogP) is 2.27. The van der Waals surface area contributed by atoms with E-state index in [-0.39, 0.29) is 17.4 Å². The average molecular weight is 245 g/mol. The summed E-state index contributed by atoms with van der Waals surface area (Å²) in [6, 6.07) is 6.05. The molecule has 18 heavy (non-hydrogen) atoms. The SMILES string of the molecule is O=C(NC1(c2ccc(F)cc2)CC1)n1ccnc1. The molecular weight excluding hydrogens is 233 g/mol. The van der Waals surface area contributed by atoms with Crippen molar-refractivity contribution in [3.8, 4) is 0 Å². The first-order valence-electron chi connectivity index (χ1n) is 5.76. The number of hydrogen-bond donors (Lipinski definition) is 1. The lowest BCUT2D eigenvalue weighted by Gasteiger charge is -2.17. The van der Waals surface area contributed by atoms with Crippen LogP contribution in [0.3, 0.4) is 0 Å². The lowest BCUT2D eigenvalue weighted by molar-refractivity contribution is 0.237. The maximum atomic E-state index is 12.9. The fourth-order valence-electron chi connectivity index (χ4n) is 2.03. The first-order chi connectivity index (χ1) is 8.70. The first-order valence-corrected chi connectivity index (χ1v) is 5.76. The zero-order valence-corrected chi connectivity index (χ0v) is 9.64. The van der Waals surface area contributed by atoms with Crippen LogP contribution in [0, 0.1) is 5.82 Å². The third-order valence-corrected chi connectivity index (χ3v) is 3.23. The third-order valence-electron chi connectivity index (χ3n) is 3.23. The van der Waals surface area contributed by atoms with Gasteiger partial charge in [0.1, 0.15) is 12.1 Å². The van der Waals surface area contributed by atoms with Crippen molar-refractivity contribution < 1.29 is 9.18 Å². The van der Waals surface area contributed by atoms with E-state index in [1.54, 1.807) is 24.5 Å². The van der Waals surface area contributed by atoms with Gasteiger partial charge < -0.3 is 5.32 Å². The second-order valence-electron chi connectivity index (χ2n) is 4.49. The van der Waals surface area contributed by atoms with Crippen LogP contribution in [0.2, 0.25) is 0 Å². The second-order valence-corrected chi connectivity index (χ2v) is 4.49. The molecule has 92 valence electrons. The van der Waals surface area contributed by atoms with Crippen molar-refractivity contribution in [2.45, 2.75) is 18.4 Å². The summed E-state index contributed by atoms with van der Waals surface area (Å²) in [5.41, 5.74) is 0.604. The maximum Gasteiger partial charge on any atom is 0.327 e. The molecule has 0 atom stereocenters. The van der Waals surface area contributed by atoms with Crippen LogP contribution in [-0.2, 0) is 5.54 Å². The van der Waals surface area contributed by atoms with E-state index in [1.165, 1.54) is 23.0 Å². The summed E-state index contributed by atoms with van der Waals surface area (Å²) in [4.78, 5) is 15.8. The highest BCUT2D eigenvalue weighted by Crippen LogP contribution is 2.45. The standard InChI is InChI=1S/C13H12FN3O/c14-11-3-1-10(2-4-11)13(5-6-13)16-12(18)17-8-7-15-9-17/h1-4,7-9H,5-6H2,(H,16,18). The van der Waals surface area contributed by atoms with Gasteiger partial charge in [-0.1, -0.05) is 12.1 Å². The zero-order valence-electron chi connectivity index (χ0n) is 9.64. The predicted molar refractivity (Wildman–Crippen MR) is 63.5 cm³/mol. The lowest BCUT2D eigenvalue weighted by Crippen LogP contribution is -2.37. The number of rotatable bonds is 2. The summed E-state index contributed by atoms with van der Waals surface area (Å²) >= 11 is 0. The minimum Gasteiger partial charge on any atom is -0.328 e. The number of hydrogen-bond acceptors (Lipinski definition) is 2. The maximum absolute atomic E-state index is 12.9. The van der Waals surface area contributed by atoms with E-state index in [9.17, 15) is 9.18 Å². The van der Waals surface area contributed by atoms with E-state index in [0.29, 0.717) is 0 Å². The van der Waals surface area contributed by atoms with Crippen LogP contribution < -0.4 is 5.32 Å². The smallest absolute Gasteiger partial charge is 0.327 e. The molecule has 1 heterocycles. The van der Waals surface area contributed by atoms with Gasteiger partial charge in [0.05, 0.1) is 5.54 Å². The molecule has 1 aliphatic rings. The fraction of sp³-hybridized carbons (Fsp3) is 0.231. The Morgan fingerprint density at radius 3 is 2.61 bits per heavy atom. The summed E-state index contributed by atoms with van der Waals surface area (Å²) in [6.07, 6.45) is 6.35. The average Bonchev–Trinajstić information content (AvgIpc) is 2.94. The zero-order chi connectivity index (χ0) is 12.6. The van der Waals surface area contributed by atoms with Crippen LogP contribution in [0.4, 0.5) is 9.18 Å². The molecule has 1 aromatic carbocycles. The van der Waals surface area contributed by atoms with Gasteiger partial charge in [0.2, 0.25) is 0 Å². The number of aromatic nitrogens is 2. The van der Waals surface area contributed by atoms with Crippen molar-refractivity contribution in [3.05, 3.63) is 54.4 Å². The minimum absolute atomic E-state index is 0.214. The summed E-state index contributed by atoms with van der Waals surface area (Å²) < 4.78 is 14.3. The molecule has 0 bridgehead atoms. The fourth-order valence-corrected chi connectivity index (χ4v) is 2.03. The molecule has 0 aliphatic heterocycles. The van der Waals surface area contributed by atoms with E-state index >= 15 is 0 Å². The molecule has 0 unspecified atom stereocenters. The molecule has 0 radical (unpaired) electrons. The van der Waals surface area contributed by atoms with Crippen molar-refractivity contribution >= 4 is 6.03 Å². The highest BCUT2D eigenvalue weighted by atomic mass is 19.1. The van der Waals surface area contributed by atoms with E-state index in [0.717, 1.165) is 18.4 Å².